The molecule has 102 valence electrons. The van der Waals surface area contributed by atoms with Crippen LogP contribution in [0.15, 0.2) is 16.8 Å². The zero-order valence-corrected chi connectivity index (χ0v) is 11.4. The van der Waals surface area contributed by atoms with Gasteiger partial charge in [0.15, 0.2) is 0 Å². The number of nitrogens with zero attached hydrogens (tertiary/aromatic N) is 2. The number of allylic oxidation sites excluding steroid dienone is 1. The fraction of sp³-hybridized carbons (Fsp3) is 0.800. The summed E-state index contributed by atoms with van der Waals surface area (Å²) in [5.41, 5.74) is 1.21. The summed E-state index contributed by atoms with van der Waals surface area (Å²) in [7, 11) is 0. The maximum atomic E-state index is 9.01. The molecule has 18 heavy (non-hydrogen) atoms. The Morgan fingerprint density at radius 1 is 1.28 bits per heavy atom. The Morgan fingerprint density at radius 3 is 2.78 bits per heavy atom. The first-order valence-corrected chi connectivity index (χ1v) is 7.43. The van der Waals surface area contributed by atoms with Gasteiger partial charge >= 0.3 is 0 Å². The van der Waals surface area contributed by atoms with Crippen molar-refractivity contribution in [2.45, 2.75) is 44.9 Å². The third-order valence-electron chi connectivity index (χ3n) is 3.98. The molecule has 1 saturated carbocycles. The van der Waals surface area contributed by atoms with Gasteiger partial charge in [-0.05, 0) is 25.2 Å². The third-order valence-corrected chi connectivity index (χ3v) is 3.98. The van der Waals surface area contributed by atoms with Gasteiger partial charge in [-0.2, -0.15) is 0 Å². The van der Waals surface area contributed by atoms with Crippen molar-refractivity contribution >= 4 is 6.21 Å². The van der Waals surface area contributed by atoms with Crippen LogP contribution in [0.4, 0.5) is 0 Å². The van der Waals surface area contributed by atoms with Crippen molar-refractivity contribution in [2.24, 2.45) is 10.9 Å². The quantitative estimate of drug-likeness (QED) is 0.754. The van der Waals surface area contributed by atoms with E-state index in [1.165, 1.54) is 44.3 Å². The fourth-order valence-corrected chi connectivity index (χ4v) is 3.01. The van der Waals surface area contributed by atoms with Crippen molar-refractivity contribution in [3.8, 4) is 0 Å². The van der Waals surface area contributed by atoms with Crippen LogP contribution in [0.2, 0.25) is 0 Å². The summed E-state index contributed by atoms with van der Waals surface area (Å²) < 4.78 is 0. The lowest BCUT2D eigenvalue weighted by Gasteiger charge is -2.29. The predicted molar refractivity (Wildman–Crippen MR) is 75.9 cm³/mol. The Kier molecular flexibility index (Phi) is 5.88. The molecule has 3 heteroatoms. The van der Waals surface area contributed by atoms with E-state index in [0.717, 1.165) is 31.8 Å². The summed E-state index contributed by atoms with van der Waals surface area (Å²) in [6.45, 7) is 3.45. The van der Waals surface area contributed by atoms with E-state index in [1.807, 2.05) is 6.21 Å². The molecule has 0 radical (unpaired) electrons. The summed E-state index contributed by atoms with van der Waals surface area (Å²) in [4.78, 5) is 6.90. The number of aliphatic hydroxyl groups excluding tert-OH is 1. The van der Waals surface area contributed by atoms with Crippen molar-refractivity contribution in [1.29, 1.82) is 0 Å². The van der Waals surface area contributed by atoms with Crippen LogP contribution < -0.4 is 0 Å². The highest BCUT2D eigenvalue weighted by atomic mass is 16.3. The molecule has 1 heterocycles. The molecule has 0 amide bonds. The number of hydrogen-bond acceptors (Lipinski definition) is 3. The fourth-order valence-electron chi connectivity index (χ4n) is 3.01. The Bertz CT molecular complexity index is 293. The summed E-state index contributed by atoms with van der Waals surface area (Å²) in [5, 5.41) is 9.01. The smallest absolute Gasteiger partial charge is 0.0504 e. The molecule has 0 unspecified atom stereocenters. The van der Waals surface area contributed by atoms with Gasteiger partial charge in [0, 0.05) is 38.9 Å². The summed E-state index contributed by atoms with van der Waals surface area (Å²) >= 11 is 0. The van der Waals surface area contributed by atoms with E-state index in [0.29, 0.717) is 6.61 Å². The molecule has 0 spiro atoms. The van der Waals surface area contributed by atoms with E-state index >= 15 is 0 Å². The molecule has 1 N–H and O–H groups in total. The predicted octanol–water partition coefficient (Wildman–Crippen LogP) is 2.61. The second-order valence-corrected chi connectivity index (χ2v) is 5.56. The van der Waals surface area contributed by atoms with E-state index in [9.17, 15) is 0 Å². The zero-order chi connectivity index (χ0) is 12.6. The van der Waals surface area contributed by atoms with Gasteiger partial charge < -0.3 is 5.11 Å². The third kappa shape index (κ3) is 4.54. The standard InChI is InChI=1S/C15H26N2O/c18-11-5-10-17(13-15-8-4-9-16-15)12-14-6-2-1-3-7-14/h8-9,14,18H,1-7,10-13H2. The SMILES string of the molecule is OCCCN(CC1=CCC=N1)CC1CCCCC1. The minimum atomic E-state index is 0.295. The van der Waals surface area contributed by atoms with Crippen molar-refractivity contribution < 1.29 is 5.11 Å². The molecule has 3 nitrogen and oxygen atoms in total. The summed E-state index contributed by atoms with van der Waals surface area (Å²) in [6, 6.07) is 0. The molecule has 2 rings (SSSR count). The largest absolute Gasteiger partial charge is 0.396 e. The molecule has 0 saturated heterocycles. The van der Waals surface area contributed by atoms with E-state index in [1.54, 1.807) is 0 Å². The summed E-state index contributed by atoms with van der Waals surface area (Å²) in [6.07, 6.45) is 13.1. The maximum Gasteiger partial charge on any atom is 0.0504 e. The molecule has 0 aromatic carbocycles. The Morgan fingerprint density at radius 2 is 2.11 bits per heavy atom. The Hall–Kier alpha value is -0.670. The van der Waals surface area contributed by atoms with Crippen molar-refractivity contribution in [3.63, 3.8) is 0 Å². The lowest BCUT2D eigenvalue weighted by molar-refractivity contribution is 0.191. The average Bonchev–Trinajstić information content (AvgIpc) is 2.90. The highest BCUT2D eigenvalue weighted by molar-refractivity contribution is 5.64. The van der Waals surface area contributed by atoms with Crippen molar-refractivity contribution in [3.05, 3.63) is 11.8 Å². The summed E-state index contributed by atoms with van der Waals surface area (Å²) in [5.74, 6) is 0.864. The van der Waals surface area contributed by atoms with Crippen molar-refractivity contribution in [1.82, 2.24) is 4.90 Å². The number of aliphatic hydroxyl groups is 1. The number of rotatable bonds is 7. The minimum Gasteiger partial charge on any atom is -0.396 e. The first-order valence-electron chi connectivity index (χ1n) is 7.43. The normalized spacial score (nSPS) is 20.7. The van der Waals surface area contributed by atoms with E-state index < -0.39 is 0 Å². The van der Waals surface area contributed by atoms with Gasteiger partial charge in [0.2, 0.25) is 0 Å². The lowest BCUT2D eigenvalue weighted by Crippen LogP contribution is -2.33. The van der Waals surface area contributed by atoms with Crippen molar-refractivity contribution in [2.75, 3.05) is 26.2 Å². The molecule has 0 bridgehead atoms. The highest BCUT2D eigenvalue weighted by Gasteiger charge is 2.18. The van der Waals surface area contributed by atoms with Gasteiger partial charge in [-0.25, -0.2) is 0 Å². The first-order chi connectivity index (χ1) is 8.88. The molecule has 1 aliphatic heterocycles. The van der Waals surface area contributed by atoms with Crippen LogP contribution in [0.3, 0.4) is 0 Å². The monoisotopic (exact) mass is 250 g/mol. The van der Waals surface area contributed by atoms with Gasteiger partial charge in [-0.1, -0.05) is 25.3 Å². The van der Waals surface area contributed by atoms with Crippen LogP contribution in [0.25, 0.3) is 0 Å². The Labute approximate surface area is 111 Å². The molecule has 1 aliphatic carbocycles. The van der Waals surface area contributed by atoms with Gasteiger partial charge in [0.25, 0.3) is 0 Å². The Balaban J connectivity index is 1.80. The van der Waals surface area contributed by atoms with Crippen LogP contribution in [0.5, 0.6) is 0 Å². The van der Waals surface area contributed by atoms with Crippen LogP contribution in [0, 0.1) is 5.92 Å². The second kappa shape index (κ2) is 7.70. The van der Waals surface area contributed by atoms with Crippen LogP contribution in [-0.2, 0) is 0 Å². The molecular weight excluding hydrogens is 224 g/mol. The molecule has 0 aromatic rings. The van der Waals surface area contributed by atoms with Crippen LogP contribution in [0.1, 0.15) is 44.9 Å². The maximum absolute atomic E-state index is 9.01. The van der Waals surface area contributed by atoms with Gasteiger partial charge in [-0.3, -0.25) is 9.89 Å². The molecular formula is C15H26N2O. The molecule has 0 aromatic heterocycles. The van der Waals surface area contributed by atoms with Crippen LogP contribution >= 0.6 is 0 Å². The number of aliphatic imine (C=N–C) groups is 1. The van der Waals surface area contributed by atoms with Crippen LogP contribution in [-0.4, -0.2) is 42.5 Å². The highest BCUT2D eigenvalue weighted by Crippen LogP contribution is 2.25. The first kappa shape index (κ1) is 13.8. The van der Waals surface area contributed by atoms with Gasteiger partial charge in [-0.15, -0.1) is 0 Å². The number of hydrogen-bond donors (Lipinski definition) is 1. The topological polar surface area (TPSA) is 35.8 Å². The van der Waals surface area contributed by atoms with Gasteiger partial charge in [0.05, 0.1) is 5.70 Å². The second-order valence-electron chi connectivity index (χ2n) is 5.56. The zero-order valence-electron chi connectivity index (χ0n) is 11.4. The molecule has 2 aliphatic rings. The molecule has 0 atom stereocenters. The van der Waals surface area contributed by atoms with E-state index in [4.69, 9.17) is 5.11 Å². The minimum absolute atomic E-state index is 0.295. The molecule has 1 fully saturated rings. The average molecular weight is 250 g/mol. The van der Waals surface area contributed by atoms with Gasteiger partial charge in [0.1, 0.15) is 0 Å². The lowest BCUT2D eigenvalue weighted by atomic mass is 9.89. The van der Waals surface area contributed by atoms with E-state index in [2.05, 4.69) is 16.0 Å². The van der Waals surface area contributed by atoms with E-state index in [-0.39, 0.29) is 0 Å².